The van der Waals surface area contributed by atoms with E-state index in [1.165, 1.54) is 52.7 Å². The summed E-state index contributed by atoms with van der Waals surface area (Å²) in [6.07, 6.45) is -9.98. The molecule has 8 rings (SSSR count). The Bertz CT molecular complexity index is 2680. The number of carbonyl (C=O) groups excluding carboxylic acids is 1. The topological polar surface area (TPSA) is 103 Å². The normalized spacial score (nSPS) is 15.9. The third-order valence-corrected chi connectivity index (χ3v) is 14.3. The molecule has 2 unspecified atom stereocenters. The number of Topliss-reactive ketones (excluding diaryl/α,β-unsaturated/α-hetero) is 1. The lowest BCUT2D eigenvalue weighted by Crippen LogP contribution is -2.61. The van der Waals surface area contributed by atoms with E-state index in [4.69, 9.17) is 65.4 Å². The van der Waals surface area contributed by atoms with E-state index in [0.717, 1.165) is 20.7 Å². The second-order valence-electron chi connectivity index (χ2n) is 17.0. The molecule has 0 amide bonds. The van der Waals surface area contributed by atoms with Crippen LogP contribution in [0.2, 0.25) is 20.1 Å². The molecule has 2 aromatic heterocycles. The number of hydrogen-bond donors (Lipinski definition) is 0. The molecule has 4 heterocycles. The molecule has 4 aromatic carbocycles. The Hall–Kier alpha value is -5.57. The summed E-state index contributed by atoms with van der Waals surface area (Å²) in [7, 11) is 5.88. The number of rotatable bonds is 16. The number of hydrogen-bond acceptors (Lipinski definition) is 11. The second-order valence-corrected chi connectivity index (χ2v) is 18.5. The van der Waals surface area contributed by atoms with Gasteiger partial charge in [0, 0.05) is 87.0 Å². The van der Waals surface area contributed by atoms with E-state index < -0.39 is 64.7 Å². The van der Waals surface area contributed by atoms with Gasteiger partial charge >= 0.3 is 12.4 Å². The molecule has 2 atom stereocenters. The van der Waals surface area contributed by atoms with Crippen LogP contribution >= 0.6 is 46.4 Å². The Labute approximate surface area is 431 Å². The van der Waals surface area contributed by atoms with Crippen LogP contribution in [0.25, 0.3) is 22.5 Å². The number of nitrogens with zero attached hydrogens (tertiary/aromatic N) is 8. The van der Waals surface area contributed by atoms with Gasteiger partial charge in [0.1, 0.15) is 23.0 Å². The largest absolute Gasteiger partial charge is 0.497 e. The summed E-state index contributed by atoms with van der Waals surface area (Å²) in [5.74, 6) is 1.25. The number of alkyl halides is 6. The van der Waals surface area contributed by atoms with Crippen LogP contribution in [-0.4, -0.2) is 128 Å². The van der Waals surface area contributed by atoms with Crippen molar-refractivity contribution in [2.45, 2.75) is 37.5 Å². The number of carbonyl (C=O) groups is 1. The van der Waals surface area contributed by atoms with Crippen LogP contribution in [0, 0.1) is 0 Å². The van der Waals surface area contributed by atoms with Crippen molar-refractivity contribution < 1.29 is 50.1 Å². The van der Waals surface area contributed by atoms with Crippen molar-refractivity contribution in [3.05, 3.63) is 116 Å². The third kappa shape index (κ3) is 11.2. The summed E-state index contributed by atoms with van der Waals surface area (Å²) in [4.78, 5) is 23.9. The number of benzene rings is 4. The molecule has 0 aliphatic carbocycles. The minimum absolute atomic E-state index is 0.102. The van der Waals surface area contributed by atoms with E-state index in [1.807, 2.05) is 21.9 Å². The van der Waals surface area contributed by atoms with Crippen LogP contribution in [0.5, 0.6) is 23.0 Å². The van der Waals surface area contributed by atoms with E-state index in [1.54, 1.807) is 48.5 Å². The van der Waals surface area contributed by atoms with Crippen LogP contribution < -0.4 is 28.7 Å². The SMILES string of the molecule is COc1ccc(-c2c(Cl)c(C(F)(F)F)nn2CC(C(=O)C(Cn2nc(C(F)(F)F)c(Cl)c2-c2ccc(OC)cc2)N2CCN(c3ccc(Cl)c(OC)c3)CC2)N2CCN(c3ccc(Cl)c(OC)c3)CC2)cc1. The number of ether oxygens (including phenoxy) is 4. The van der Waals surface area contributed by atoms with Crippen LogP contribution in [0.4, 0.5) is 37.7 Å². The number of piperazine rings is 2. The summed E-state index contributed by atoms with van der Waals surface area (Å²) >= 11 is 25.9. The van der Waals surface area contributed by atoms with E-state index in [9.17, 15) is 26.3 Å². The van der Waals surface area contributed by atoms with Gasteiger partial charge in [-0.3, -0.25) is 24.0 Å². The Kier molecular flexibility index (Phi) is 16.0. The molecule has 0 radical (unpaired) electrons. The summed E-state index contributed by atoms with van der Waals surface area (Å²) in [6.45, 7) is 1.43. The zero-order valence-electron chi connectivity index (χ0n) is 39.2. The minimum atomic E-state index is -4.99. The lowest BCUT2D eigenvalue weighted by Gasteiger charge is -2.44. The van der Waals surface area contributed by atoms with Gasteiger partial charge in [-0.25, -0.2) is 0 Å². The Morgan fingerprint density at radius 3 is 1.18 bits per heavy atom. The minimum Gasteiger partial charge on any atom is -0.497 e. The fourth-order valence-corrected chi connectivity index (χ4v) is 10.2. The molecule has 6 aromatic rings. The Balaban J connectivity index is 1.24. The molecule has 0 bridgehead atoms. The summed E-state index contributed by atoms with van der Waals surface area (Å²) in [5.41, 5.74) is -0.828. The third-order valence-electron chi connectivity index (χ3n) is 12.9. The maximum absolute atomic E-state index is 16.0. The molecule has 23 heteroatoms. The van der Waals surface area contributed by atoms with Gasteiger partial charge in [0.25, 0.3) is 0 Å². The van der Waals surface area contributed by atoms with Crippen molar-refractivity contribution >= 4 is 63.6 Å². The molecule has 2 aliphatic heterocycles. The average Bonchev–Trinajstić information content (AvgIpc) is 3.90. The molecular formula is C49H48Cl4F6N8O5. The first-order chi connectivity index (χ1) is 34.3. The molecule has 13 nitrogen and oxygen atoms in total. The maximum Gasteiger partial charge on any atom is 0.436 e. The van der Waals surface area contributed by atoms with Gasteiger partial charge in [-0.15, -0.1) is 0 Å². The van der Waals surface area contributed by atoms with Crippen molar-refractivity contribution in [3.8, 4) is 45.5 Å². The first-order valence-corrected chi connectivity index (χ1v) is 24.0. The molecular weight excluding hydrogens is 1040 g/mol. The standard InChI is InChI=1S/C49H48Cl4F6N8O5/c1-69-33-11-5-29(6-12-33)43-41(52)46(48(54,55)56)60-66(43)27-37(64-21-17-62(18-22-64)31-9-15-35(50)39(25-31)71-3)45(68)38(65-23-19-63(20-24-65)32-10-16-36(51)40(26-32)72-4)28-67-44(30-7-13-34(70-2)14-8-30)42(53)47(61-67)49(57,58)59/h5-16,25-26,37-38H,17-24,27-28H2,1-4H3. The van der Waals surface area contributed by atoms with Gasteiger partial charge in [0.15, 0.2) is 17.2 Å². The second kappa shape index (κ2) is 21.9. The zero-order valence-corrected chi connectivity index (χ0v) is 42.2. The monoisotopic (exact) mass is 1080 g/mol. The number of anilines is 2. The molecule has 0 N–H and O–H groups in total. The van der Waals surface area contributed by atoms with Crippen LogP contribution in [0.1, 0.15) is 11.4 Å². The molecule has 2 fully saturated rings. The predicted octanol–water partition coefficient (Wildman–Crippen LogP) is 10.8. The lowest BCUT2D eigenvalue weighted by atomic mass is 9.99. The van der Waals surface area contributed by atoms with Crippen molar-refractivity contribution in [3.63, 3.8) is 0 Å². The molecule has 0 saturated carbocycles. The summed E-state index contributed by atoms with van der Waals surface area (Å²) < 4.78 is 112. The number of aromatic nitrogens is 4. The number of ketones is 1. The van der Waals surface area contributed by atoms with Gasteiger partial charge in [-0.1, -0.05) is 46.4 Å². The molecule has 2 saturated heterocycles. The van der Waals surface area contributed by atoms with Crippen LogP contribution in [0.3, 0.4) is 0 Å². The molecule has 0 spiro atoms. The quantitative estimate of drug-likeness (QED) is 0.0866. The average molecular weight is 1080 g/mol. The van der Waals surface area contributed by atoms with Crippen molar-refractivity contribution in [1.29, 1.82) is 0 Å². The van der Waals surface area contributed by atoms with Crippen molar-refractivity contribution in [2.75, 3.05) is 90.6 Å². The van der Waals surface area contributed by atoms with E-state index in [2.05, 4.69) is 20.0 Å². The van der Waals surface area contributed by atoms with Crippen LogP contribution in [0.15, 0.2) is 84.9 Å². The van der Waals surface area contributed by atoms with Gasteiger partial charge in [-0.2, -0.15) is 36.5 Å². The van der Waals surface area contributed by atoms with Gasteiger partial charge in [0.05, 0.1) is 85.1 Å². The fraction of sp³-hybridized carbons (Fsp3) is 0.367. The maximum atomic E-state index is 16.0. The summed E-state index contributed by atoms with van der Waals surface area (Å²) in [5, 5.41) is 7.54. The van der Waals surface area contributed by atoms with Crippen molar-refractivity contribution in [2.24, 2.45) is 0 Å². The van der Waals surface area contributed by atoms with Crippen LogP contribution in [-0.2, 0) is 30.2 Å². The predicted molar refractivity (Wildman–Crippen MR) is 265 cm³/mol. The first-order valence-electron chi connectivity index (χ1n) is 22.5. The smallest absolute Gasteiger partial charge is 0.436 e. The highest BCUT2D eigenvalue weighted by Gasteiger charge is 2.44. The fourth-order valence-electron chi connectivity index (χ4n) is 9.15. The zero-order chi connectivity index (χ0) is 51.6. The molecule has 384 valence electrons. The van der Waals surface area contributed by atoms with Gasteiger partial charge < -0.3 is 28.7 Å². The molecule has 72 heavy (non-hydrogen) atoms. The number of methoxy groups -OCH3 is 4. The number of halogens is 10. The highest BCUT2D eigenvalue weighted by atomic mass is 35.5. The highest BCUT2D eigenvalue weighted by molar-refractivity contribution is 6.34. The van der Waals surface area contributed by atoms with Gasteiger partial charge in [-0.05, 0) is 72.8 Å². The first kappa shape index (κ1) is 52.7. The van der Waals surface area contributed by atoms with Gasteiger partial charge in [0.2, 0.25) is 0 Å². The summed E-state index contributed by atoms with van der Waals surface area (Å²) in [6, 6.07) is 20.5. The van der Waals surface area contributed by atoms with E-state index in [-0.39, 0.29) is 48.7 Å². The van der Waals surface area contributed by atoms with E-state index in [0.29, 0.717) is 59.2 Å². The Morgan fingerprint density at radius 2 is 0.875 bits per heavy atom. The van der Waals surface area contributed by atoms with Crippen molar-refractivity contribution in [1.82, 2.24) is 29.4 Å². The highest BCUT2D eigenvalue weighted by Crippen LogP contribution is 2.43. The lowest BCUT2D eigenvalue weighted by molar-refractivity contribution is -0.142. The molecule has 2 aliphatic rings. The van der Waals surface area contributed by atoms with E-state index >= 15 is 4.79 Å². The Morgan fingerprint density at radius 1 is 0.528 bits per heavy atom.